The molecule has 1 N–H and O–H groups in total. The highest BCUT2D eigenvalue weighted by Crippen LogP contribution is 2.37. The van der Waals surface area contributed by atoms with Gasteiger partial charge in [-0.25, -0.2) is 4.98 Å². The van der Waals surface area contributed by atoms with Gasteiger partial charge in [0.05, 0.1) is 0 Å². The summed E-state index contributed by atoms with van der Waals surface area (Å²) in [6, 6.07) is 9.44. The maximum atomic E-state index is 12.7. The van der Waals surface area contributed by atoms with E-state index in [0.717, 1.165) is 18.4 Å². The molecule has 1 fully saturated rings. The number of thiophene rings is 1. The second-order valence-corrected chi connectivity index (χ2v) is 7.12. The number of rotatable bonds is 4. The molecule has 2 aromatic heterocycles. The zero-order valence-corrected chi connectivity index (χ0v) is 14.1. The zero-order chi connectivity index (χ0) is 16.7. The Balaban J connectivity index is 1.59. The molecule has 5 nitrogen and oxygen atoms in total. The molecule has 1 aliphatic rings. The van der Waals surface area contributed by atoms with Crippen LogP contribution < -0.4 is 5.56 Å². The van der Waals surface area contributed by atoms with Crippen molar-refractivity contribution in [2.24, 2.45) is 0 Å². The van der Waals surface area contributed by atoms with E-state index < -0.39 is 0 Å². The van der Waals surface area contributed by atoms with E-state index in [0.29, 0.717) is 18.3 Å². The molecule has 24 heavy (non-hydrogen) atoms. The average molecular weight is 339 g/mol. The molecule has 1 aromatic carbocycles. The molecule has 1 saturated carbocycles. The Morgan fingerprint density at radius 2 is 2.17 bits per heavy atom. The van der Waals surface area contributed by atoms with Crippen LogP contribution >= 0.6 is 11.3 Å². The van der Waals surface area contributed by atoms with E-state index in [1.54, 1.807) is 23.3 Å². The van der Waals surface area contributed by atoms with Gasteiger partial charge in [0.25, 0.3) is 11.5 Å². The van der Waals surface area contributed by atoms with Crippen LogP contribution in [0.15, 0.2) is 40.5 Å². The lowest BCUT2D eigenvalue weighted by Crippen LogP contribution is -2.29. The number of H-pyrrole nitrogens is 1. The van der Waals surface area contributed by atoms with Crippen LogP contribution in [0.25, 0.3) is 10.1 Å². The maximum absolute atomic E-state index is 12.7. The highest BCUT2D eigenvalue weighted by atomic mass is 32.1. The standard InChI is InChI=1S/C18H17N3O2S/c1-21(9-12-10-24-15-5-3-2-4-13(12)15)18(23)14-8-16(22)20-17(19-14)11-6-7-11/h2-5,8,10-11H,6-7,9H2,1H3,(H,19,20,22). The van der Waals surface area contributed by atoms with E-state index >= 15 is 0 Å². The minimum Gasteiger partial charge on any atom is -0.336 e. The monoisotopic (exact) mass is 339 g/mol. The van der Waals surface area contributed by atoms with E-state index in [2.05, 4.69) is 27.5 Å². The molecular weight excluding hydrogens is 322 g/mol. The number of fused-ring (bicyclic) bond motifs is 1. The number of nitrogens with one attached hydrogen (secondary N) is 1. The van der Waals surface area contributed by atoms with E-state index in [-0.39, 0.29) is 17.2 Å². The Hall–Kier alpha value is -2.47. The Morgan fingerprint density at radius 3 is 2.96 bits per heavy atom. The number of hydrogen-bond donors (Lipinski definition) is 1. The van der Waals surface area contributed by atoms with Crippen LogP contribution in [0.1, 0.15) is 40.6 Å². The summed E-state index contributed by atoms with van der Waals surface area (Å²) in [5.41, 5.74) is 1.08. The first-order valence-corrected chi connectivity index (χ1v) is 8.81. The third kappa shape index (κ3) is 2.85. The molecular formula is C18H17N3O2S. The lowest BCUT2D eigenvalue weighted by Gasteiger charge is -2.16. The predicted molar refractivity (Wildman–Crippen MR) is 94.5 cm³/mol. The van der Waals surface area contributed by atoms with Crippen LogP contribution in [-0.2, 0) is 6.54 Å². The second kappa shape index (κ2) is 5.87. The summed E-state index contributed by atoms with van der Waals surface area (Å²) in [6.07, 6.45) is 2.05. The third-order valence-corrected chi connectivity index (χ3v) is 5.27. The Labute approximate surface area is 143 Å². The van der Waals surface area contributed by atoms with Crippen LogP contribution in [-0.4, -0.2) is 27.8 Å². The van der Waals surface area contributed by atoms with Crippen LogP contribution in [0.5, 0.6) is 0 Å². The van der Waals surface area contributed by atoms with E-state index in [1.165, 1.54) is 16.2 Å². The normalized spacial score (nSPS) is 14.0. The van der Waals surface area contributed by atoms with Crippen LogP contribution in [0.4, 0.5) is 0 Å². The van der Waals surface area contributed by atoms with Gasteiger partial charge in [-0.05, 0) is 35.2 Å². The number of aromatic amines is 1. The molecule has 6 heteroatoms. The summed E-state index contributed by atoms with van der Waals surface area (Å²) in [6.45, 7) is 0.496. The molecule has 0 radical (unpaired) electrons. The maximum Gasteiger partial charge on any atom is 0.272 e. The highest BCUT2D eigenvalue weighted by Gasteiger charge is 2.27. The number of nitrogens with zero attached hydrogens (tertiary/aromatic N) is 2. The minimum absolute atomic E-state index is 0.224. The Morgan fingerprint density at radius 1 is 1.38 bits per heavy atom. The van der Waals surface area contributed by atoms with Gasteiger partial charge in [-0.1, -0.05) is 18.2 Å². The molecule has 0 unspecified atom stereocenters. The molecule has 1 amide bonds. The molecule has 0 spiro atoms. The molecule has 122 valence electrons. The summed E-state index contributed by atoms with van der Waals surface area (Å²) in [5, 5.41) is 3.25. The van der Waals surface area contributed by atoms with Gasteiger partial charge < -0.3 is 9.88 Å². The summed E-state index contributed by atoms with van der Waals surface area (Å²) in [4.78, 5) is 33.2. The molecule has 0 saturated heterocycles. The fourth-order valence-electron chi connectivity index (χ4n) is 2.81. The van der Waals surface area contributed by atoms with Crippen molar-refractivity contribution < 1.29 is 4.79 Å². The van der Waals surface area contributed by atoms with Crippen molar-refractivity contribution in [3.63, 3.8) is 0 Å². The molecule has 2 heterocycles. The second-order valence-electron chi connectivity index (χ2n) is 6.21. The molecule has 1 aliphatic carbocycles. The SMILES string of the molecule is CN(Cc1csc2ccccc12)C(=O)c1cc(=O)[nH]c(C2CC2)n1. The van der Waals surface area contributed by atoms with Gasteiger partial charge in [0, 0.05) is 30.3 Å². The number of benzene rings is 1. The fourth-order valence-corrected chi connectivity index (χ4v) is 3.77. The van der Waals surface area contributed by atoms with E-state index in [1.807, 2.05) is 12.1 Å². The van der Waals surface area contributed by atoms with Crippen LogP contribution in [0.3, 0.4) is 0 Å². The number of aromatic nitrogens is 2. The number of amides is 1. The molecule has 0 bridgehead atoms. The minimum atomic E-state index is -0.260. The summed E-state index contributed by atoms with van der Waals surface area (Å²) in [5.74, 6) is 0.718. The summed E-state index contributed by atoms with van der Waals surface area (Å²) >= 11 is 1.67. The third-order valence-electron chi connectivity index (χ3n) is 4.26. The Kier molecular flexibility index (Phi) is 3.69. The fraction of sp³-hybridized carbons (Fsp3) is 0.278. The van der Waals surface area contributed by atoms with Crippen LogP contribution in [0.2, 0.25) is 0 Å². The van der Waals surface area contributed by atoms with Gasteiger partial charge >= 0.3 is 0 Å². The molecule has 0 aliphatic heterocycles. The van der Waals surface area contributed by atoms with Gasteiger partial charge in [-0.15, -0.1) is 11.3 Å². The first kappa shape index (κ1) is 15.1. The van der Waals surface area contributed by atoms with Gasteiger partial charge in [-0.3, -0.25) is 9.59 Å². The van der Waals surface area contributed by atoms with Gasteiger partial charge in [0.15, 0.2) is 0 Å². The smallest absolute Gasteiger partial charge is 0.272 e. The summed E-state index contributed by atoms with van der Waals surface area (Å²) < 4.78 is 1.21. The lowest BCUT2D eigenvalue weighted by atomic mass is 10.1. The molecule has 3 aromatic rings. The van der Waals surface area contributed by atoms with Crippen LogP contribution in [0, 0.1) is 0 Å². The van der Waals surface area contributed by atoms with Crippen molar-refractivity contribution in [2.75, 3.05) is 7.05 Å². The van der Waals surface area contributed by atoms with Crippen molar-refractivity contribution in [1.82, 2.24) is 14.9 Å². The number of carbonyl (C=O) groups excluding carboxylic acids is 1. The quantitative estimate of drug-likeness (QED) is 0.794. The zero-order valence-electron chi connectivity index (χ0n) is 13.3. The molecule has 0 atom stereocenters. The summed E-state index contributed by atoms with van der Waals surface area (Å²) in [7, 11) is 1.74. The first-order valence-electron chi connectivity index (χ1n) is 7.93. The number of hydrogen-bond acceptors (Lipinski definition) is 4. The van der Waals surface area contributed by atoms with Gasteiger partial charge in [-0.2, -0.15) is 0 Å². The van der Waals surface area contributed by atoms with Crippen molar-refractivity contribution >= 4 is 27.3 Å². The van der Waals surface area contributed by atoms with Crippen molar-refractivity contribution in [3.05, 3.63) is 63.1 Å². The van der Waals surface area contributed by atoms with E-state index in [9.17, 15) is 9.59 Å². The first-order chi connectivity index (χ1) is 11.6. The number of carbonyl (C=O) groups is 1. The van der Waals surface area contributed by atoms with E-state index in [4.69, 9.17) is 0 Å². The molecule has 4 rings (SSSR count). The largest absolute Gasteiger partial charge is 0.336 e. The van der Waals surface area contributed by atoms with Crippen molar-refractivity contribution in [1.29, 1.82) is 0 Å². The predicted octanol–water partition coefficient (Wildman–Crippen LogP) is 3.13. The van der Waals surface area contributed by atoms with Crippen molar-refractivity contribution in [3.8, 4) is 0 Å². The Bertz CT molecular complexity index is 972. The highest BCUT2D eigenvalue weighted by molar-refractivity contribution is 7.17. The lowest BCUT2D eigenvalue weighted by molar-refractivity contribution is 0.0779. The topological polar surface area (TPSA) is 66.1 Å². The van der Waals surface area contributed by atoms with Gasteiger partial charge in [0.1, 0.15) is 11.5 Å². The van der Waals surface area contributed by atoms with Crippen molar-refractivity contribution in [2.45, 2.75) is 25.3 Å². The van der Waals surface area contributed by atoms with Gasteiger partial charge in [0.2, 0.25) is 0 Å². The average Bonchev–Trinajstić information content (AvgIpc) is 3.36.